The number of aliphatic hydroxyl groups is 1. The van der Waals surface area contributed by atoms with E-state index < -0.39 is 0 Å². The van der Waals surface area contributed by atoms with E-state index in [4.69, 9.17) is 9.84 Å². The molecule has 5 heteroatoms. The number of nitrogens with zero attached hydrogens (tertiary/aromatic N) is 2. The average Bonchev–Trinajstić information content (AvgIpc) is 2.52. The Balaban J connectivity index is 2.57. The summed E-state index contributed by atoms with van der Waals surface area (Å²) in [6.45, 7) is 2.03. The molecule has 1 aromatic rings. The smallest absolute Gasteiger partial charge is 0.327 e. The highest BCUT2D eigenvalue weighted by Gasteiger charge is 2.06. The molecule has 13 heavy (non-hydrogen) atoms. The lowest BCUT2D eigenvalue weighted by molar-refractivity contribution is -0.144. The fraction of sp³-hybridized carbons (Fsp3) is 0.500. The summed E-state index contributed by atoms with van der Waals surface area (Å²) in [5.74, 6) is -0.346. The molecule has 0 saturated carbocycles. The van der Waals surface area contributed by atoms with Gasteiger partial charge in [0.05, 0.1) is 18.9 Å². The maximum Gasteiger partial charge on any atom is 0.327 e. The average molecular weight is 184 g/mol. The molecule has 0 radical (unpaired) electrons. The van der Waals surface area contributed by atoms with Crippen molar-refractivity contribution in [3.05, 3.63) is 18.0 Å². The van der Waals surface area contributed by atoms with Crippen molar-refractivity contribution in [1.29, 1.82) is 0 Å². The fourth-order valence-electron chi connectivity index (χ4n) is 0.966. The van der Waals surface area contributed by atoms with Crippen LogP contribution in [0.1, 0.15) is 12.6 Å². The molecule has 72 valence electrons. The quantitative estimate of drug-likeness (QED) is 0.666. The van der Waals surface area contributed by atoms with Crippen molar-refractivity contribution in [3.63, 3.8) is 0 Å². The first-order valence-corrected chi connectivity index (χ1v) is 4.05. The largest absolute Gasteiger partial charge is 0.465 e. The Kier molecular flexibility index (Phi) is 3.45. The predicted molar refractivity (Wildman–Crippen MR) is 44.8 cm³/mol. The van der Waals surface area contributed by atoms with E-state index in [1.807, 2.05) is 0 Å². The number of carbonyl (C=O) groups excluding carboxylic acids is 1. The van der Waals surface area contributed by atoms with Crippen LogP contribution >= 0.6 is 0 Å². The van der Waals surface area contributed by atoms with Crippen molar-refractivity contribution in [1.82, 2.24) is 9.78 Å². The molecule has 5 nitrogen and oxygen atoms in total. The van der Waals surface area contributed by atoms with E-state index in [1.165, 1.54) is 10.9 Å². The molecule has 0 saturated heterocycles. The predicted octanol–water partition coefficient (Wildman–Crippen LogP) is -0.0615. The molecule has 1 heterocycles. The molecule has 0 aliphatic heterocycles. The van der Waals surface area contributed by atoms with E-state index in [0.717, 1.165) is 0 Å². The lowest BCUT2D eigenvalue weighted by Gasteiger charge is -2.04. The van der Waals surface area contributed by atoms with Crippen LogP contribution in [0.15, 0.2) is 12.3 Å². The zero-order valence-corrected chi connectivity index (χ0v) is 7.43. The minimum absolute atomic E-state index is 0.0523. The zero-order chi connectivity index (χ0) is 9.68. The van der Waals surface area contributed by atoms with Crippen molar-refractivity contribution in [3.8, 4) is 0 Å². The van der Waals surface area contributed by atoms with Crippen LogP contribution in [0.5, 0.6) is 0 Å². The number of esters is 1. The summed E-state index contributed by atoms with van der Waals surface area (Å²) in [4.78, 5) is 11.0. The third-order valence-electron chi connectivity index (χ3n) is 1.55. The summed E-state index contributed by atoms with van der Waals surface area (Å²) >= 11 is 0. The number of aliphatic hydroxyl groups excluding tert-OH is 1. The second-order valence-corrected chi connectivity index (χ2v) is 2.44. The second kappa shape index (κ2) is 4.61. The van der Waals surface area contributed by atoms with Crippen molar-refractivity contribution in [2.24, 2.45) is 0 Å². The molecule has 0 amide bonds. The van der Waals surface area contributed by atoms with Gasteiger partial charge in [-0.1, -0.05) is 0 Å². The van der Waals surface area contributed by atoms with Gasteiger partial charge in [0.1, 0.15) is 6.54 Å². The van der Waals surface area contributed by atoms with Gasteiger partial charge in [-0.25, -0.2) is 0 Å². The first-order valence-electron chi connectivity index (χ1n) is 4.05. The van der Waals surface area contributed by atoms with Gasteiger partial charge in [0.2, 0.25) is 0 Å². The third kappa shape index (κ3) is 2.55. The normalized spacial score (nSPS) is 10.0. The molecule has 0 atom stereocenters. The Morgan fingerprint density at radius 3 is 3.15 bits per heavy atom. The van der Waals surface area contributed by atoms with Crippen molar-refractivity contribution >= 4 is 5.97 Å². The van der Waals surface area contributed by atoms with Gasteiger partial charge in [-0.3, -0.25) is 9.48 Å². The van der Waals surface area contributed by atoms with Crippen LogP contribution in [-0.4, -0.2) is 27.5 Å². The molecular formula is C8H12N2O3. The van der Waals surface area contributed by atoms with Crippen LogP contribution in [0.25, 0.3) is 0 Å². The first-order chi connectivity index (χ1) is 6.27. The first kappa shape index (κ1) is 9.73. The summed E-state index contributed by atoms with van der Waals surface area (Å²) in [6, 6.07) is 1.65. The maximum atomic E-state index is 11.0. The van der Waals surface area contributed by atoms with Gasteiger partial charge in [-0.05, 0) is 13.0 Å². The van der Waals surface area contributed by atoms with E-state index in [2.05, 4.69) is 5.10 Å². The molecule has 0 aliphatic rings. The van der Waals surface area contributed by atoms with Crippen LogP contribution in [0.4, 0.5) is 0 Å². The molecule has 1 rings (SSSR count). The van der Waals surface area contributed by atoms with Crippen LogP contribution < -0.4 is 0 Å². The second-order valence-electron chi connectivity index (χ2n) is 2.44. The van der Waals surface area contributed by atoms with Gasteiger partial charge in [0, 0.05) is 6.20 Å². The molecule has 1 N–H and O–H groups in total. The van der Waals surface area contributed by atoms with Gasteiger partial charge >= 0.3 is 5.97 Å². The Morgan fingerprint density at radius 1 is 1.77 bits per heavy atom. The van der Waals surface area contributed by atoms with Crippen LogP contribution in [0.2, 0.25) is 0 Å². The highest BCUT2D eigenvalue weighted by Crippen LogP contribution is 1.98. The summed E-state index contributed by atoms with van der Waals surface area (Å²) in [7, 11) is 0. The van der Waals surface area contributed by atoms with E-state index in [-0.39, 0.29) is 19.1 Å². The molecule has 0 spiro atoms. The summed E-state index contributed by atoms with van der Waals surface area (Å²) in [5.41, 5.74) is 0.605. The van der Waals surface area contributed by atoms with Gasteiger partial charge in [0.15, 0.2) is 0 Å². The number of carbonyl (C=O) groups is 1. The van der Waals surface area contributed by atoms with Crippen LogP contribution in [0, 0.1) is 0 Å². The SMILES string of the molecule is CCOC(=O)Cn1nccc1CO. The zero-order valence-electron chi connectivity index (χ0n) is 7.43. The number of aromatic nitrogens is 2. The van der Waals surface area contributed by atoms with E-state index in [9.17, 15) is 4.79 Å². The standard InChI is InChI=1S/C8H12N2O3/c1-2-13-8(12)5-10-7(6-11)3-4-9-10/h3-4,11H,2,5-6H2,1H3. The van der Waals surface area contributed by atoms with E-state index in [1.54, 1.807) is 13.0 Å². The summed E-state index contributed by atoms with van der Waals surface area (Å²) in [6.07, 6.45) is 1.53. The lowest BCUT2D eigenvalue weighted by Crippen LogP contribution is -2.16. The van der Waals surface area contributed by atoms with E-state index >= 15 is 0 Å². The molecular weight excluding hydrogens is 172 g/mol. The maximum absolute atomic E-state index is 11.0. The Hall–Kier alpha value is -1.36. The van der Waals surface area contributed by atoms with Gasteiger partial charge in [-0.15, -0.1) is 0 Å². The lowest BCUT2D eigenvalue weighted by atomic mass is 10.4. The van der Waals surface area contributed by atoms with Gasteiger partial charge in [-0.2, -0.15) is 5.10 Å². The molecule has 1 aromatic heterocycles. The molecule has 0 fully saturated rings. The molecule has 0 bridgehead atoms. The van der Waals surface area contributed by atoms with Gasteiger partial charge in [0.25, 0.3) is 0 Å². The van der Waals surface area contributed by atoms with Crippen molar-refractivity contribution < 1.29 is 14.6 Å². The Labute approximate surface area is 75.9 Å². The highest BCUT2D eigenvalue weighted by molar-refractivity contribution is 5.69. The van der Waals surface area contributed by atoms with Crippen molar-refractivity contribution in [2.75, 3.05) is 6.61 Å². The fourth-order valence-corrected chi connectivity index (χ4v) is 0.966. The Morgan fingerprint density at radius 2 is 2.54 bits per heavy atom. The van der Waals surface area contributed by atoms with Crippen molar-refractivity contribution in [2.45, 2.75) is 20.1 Å². The molecule has 0 aromatic carbocycles. The minimum atomic E-state index is -0.346. The number of rotatable bonds is 4. The molecule has 0 unspecified atom stereocenters. The van der Waals surface area contributed by atoms with Gasteiger partial charge < -0.3 is 9.84 Å². The number of hydrogen-bond acceptors (Lipinski definition) is 4. The highest BCUT2D eigenvalue weighted by atomic mass is 16.5. The minimum Gasteiger partial charge on any atom is -0.465 e. The number of ether oxygens (including phenoxy) is 1. The number of hydrogen-bond donors (Lipinski definition) is 1. The third-order valence-corrected chi connectivity index (χ3v) is 1.55. The Bertz CT molecular complexity index is 283. The summed E-state index contributed by atoms with van der Waals surface area (Å²) in [5, 5.41) is 12.7. The summed E-state index contributed by atoms with van der Waals surface area (Å²) < 4.78 is 6.15. The topological polar surface area (TPSA) is 64.4 Å². The van der Waals surface area contributed by atoms with E-state index in [0.29, 0.717) is 12.3 Å². The molecule has 0 aliphatic carbocycles. The monoisotopic (exact) mass is 184 g/mol. The van der Waals surface area contributed by atoms with Crippen LogP contribution in [-0.2, 0) is 22.7 Å². The van der Waals surface area contributed by atoms with Crippen LogP contribution in [0.3, 0.4) is 0 Å².